The van der Waals surface area contributed by atoms with Crippen molar-refractivity contribution < 1.29 is 9.47 Å². The minimum absolute atomic E-state index is 0.546. The molecule has 0 atom stereocenters. The summed E-state index contributed by atoms with van der Waals surface area (Å²) in [4.78, 5) is 9.00. The Morgan fingerprint density at radius 1 is 0.920 bits per heavy atom. The smallest absolute Gasteiger partial charge is 0.223 e. The minimum atomic E-state index is 0.546. The molecule has 0 radical (unpaired) electrons. The zero-order chi connectivity index (χ0) is 17.6. The summed E-state index contributed by atoms with van der Waals surface area (Å²) in [6.07, 6.45) is 0. The van der Waals surface area contributed by atoms with Crippen LogP contribution in [0.2, 0.25) is 0 Å². The van der Waals surface area contributed by atoms with Gasteiger partial charge in [0.25, 0.3) is 0 Å². The molecule has 3 aromatic rings. The van der Waals surface area contributed by atoms with E-state index in [2.05, 4.69) is 41.2 Å². The molecule has 0 aliphatic rings. The molecule has 1 heterocycles. The highest BCUT2D eigenvalue weighted by Crippen LogP contribution is 2.26. The topological polar surface area (TPSA) is 44.2 Å². The number of hydrogen-bond acceptors (Lipinski definition) is 5. The van der Waals surface area contributed by atoms with Crippen LogP contribution in [0.1, 0.15) is 16.8 Å². The Morgan fingerprint density at radius 3 is 2.40 bits per heavy atom. The molecule has 128 valence electrons. The molecule has 1 aromatic heterocycles. The first kappa shape index (κ1) is 17.3. The minimum Gasteiger partial charge on any atom is -0.497 e. The van der Waals surface area contributed by atoms with Gasteiger partial charge in [0.2, 0.25) is 5.88 Å². The maximum absolute atomic E-state index is 5.85. The molecule has 25 heavy (non-hydrogen) atoms. The summed E-state index contributed by atoms with van der Waals surface area (Å²) in [6.45, 7) is 4.04. The third-order valence-corrected chi connectivity index (χ3v) is 4.46. The van der Waals surface area contributed by atoms with Crippen LogP contribution < -0.4 is 9.47 Å². The number of benzene rings is 2. The van der Waals surface area contributed by atoms with Crippen molar-refractivity contribution in [1.82, 2.24) is 9.97 Å². The van der Waals surface area contributed by atoms with Crippen LogP contribution in [-0.4, -0.2) is 17.1 Å². The van der Waals surface area contributed by atoms with Crippen LogP contribution in [0.5, 0.6) is 17.4 Å². The fourth-order valence-electron chi connectivity index (χ4n) is 2.34. The van der Waals surface area contributed by atoms with Crippen LogP contribution in [0.3, 0.4) is 0 Å². The van der Waals surface area contributed by atoms with Gasteiger partial charge in [0.15, 0.2) is 5.16 Å². The van der Waals surface area contributed by atoms with E-state index in [0.717, 1.165) is 17.2 Å². The molecule has 0 saturated carbocycles. The summed E-state index contributed by atoms with van der Waals surface area (Å²) in [5.41, 5.74) is 3.39. The number of hydrogen-bond donors (Lipinski definition) is 0. The van der Waals surface area contributed by atoms with E-state index in [4.69, 9.17) is 9.47 Å². The lowest BCUT2D eigenvalue weighted by Gasteiger charge is -2.08. The van der Waals surface area contributed by atoms with E-state index in [1.54, 1.807) is 18.9 Å². The Balaban J connectivity index is 1.71. The van der Waals surface area contributed by atoms with E-state index < -0.39 is 0 Å². The van der Waals surface area contributed by atoms with Gasteiger partial charge in [-0.05, 0) is 43.7 Å². The van der Waals surface area contributed by atoms with Gasteiger partial charge in [0, 0.05) is 17.5 Å². The molecule has 0 N–H and O–H groups in total. The van der Waals surface area contributed by atoms with Crippen molar-refractivity contribution in [2.75, 3.05) is 7.11 Å². The third-order valence-electron chi connectivity index (χ3n) is 3.54. The Labute approximate surface area is 152 Å². The molecular weight excluding hydrogens is 332 g/mol. The van der Waals surface area contributed by atoms with Crippen molar-refractivity contribution in [3.05, 3.63) is 71.4 Å². The first-order valence-electron chi connectivity index (χ1n) is 7.98. The van der Waals surface area contributed by atoms with Crippen LogP contribution in [0.4, 0.5) is 0 Å². The first-order valence-corrected chi connectivity index (χ1v) is 8.97. The summed E-state index contributed by atoms with van der Waals surface area (Å²) < 4.78 is 11.0. The standard InChI is InChI=1S/C20H20N2O2S/c1-14-5-4-6-16(11-14)13-25-20-21-15(2)12-19(22-20)24-18-9-7-17(23-3)8-10-18/h4-12H,13H2,1-3H3. The van der Waals surface area contributed by atoms with Crippen LogP contribution in [0.15, 0.2) is 59.8 Å². The second-order valence-corrected chi connectivity index (χ2v) is 6.63. The van der Waals surface area contributed by atoms with Gasteiger partial charge in [-0.15, -0.1) is 0 Å². The molecule has 5 heteroatoms. The fourth-order valence-corrected chi connectivity index (χ4v) is 3.18. The molecule has 0 aliphatic carbocycles. The van der Waals surface area contributed by atoms with Crippen molar-refractivity contribution >= 4 is 11.8 Å². The van der Waals surface area contributed by atoms with E-state index >= 15 is 0 Å². The highest BCUT2D eigenvalue weighted by Gasteiger charge is 2.06. The SMILES string of the molecule is COc1ccc(Oc2cc(C)nc(SCc3cccc(C)c3)n2)cc1. The number of methoxy groups -OCH3 is 1. The number of nitrogens with zero attached hydrogens (tertiary/aromatic N) is 2. The summed E-state index contributed by atoms with van der Waals surface area (Å²) in [7, 11) is 1.64. The maximum Gasteiger partial charge on any atom is 0.223 e. The van der Waals surface area contributed by atoms with Crippen molar-refractivity contribution in [3.63, 3.8) is 0 Å². The second-order valence-electron chi connectivity index (χ2n) is 5.69. The van der Waals surface area contributed by atoms with Crippen LogP contribution >= 0.6 is 11.8 Å². The third kappa shape index (κ3) is 4.97. The Hall–Kier alpha value is -2.53. The quantitative estimate of drug-likeness (QED) is 0.451. The van der Waals surface area contributed by atoms with E-state index in [9.17, 15) is 0 Å². The van der Waals surface area contributed by atoms with Crippen molar-refractivity contribution in [1.29, 1.82) is 0 Å². The van der Waals surface area contributed by atoms with Gasteiger partial charge in [-0.25, -0.2) is 4.98 Å². The monoisotopic (exact) mass is 352 g/mol. The molecule has 3 rings (SSSR count). The summed E-state index contributed by atoms with van der Waals surface area (Å²) in [6, 6.07) is 17.7. The van der Waals surface area contributed by atoms with E-state index in [1.807, 2.05) is 37.3 Å². The zero-order valence-corrected chi connectivity index (χ0v) is 15.3. The van der Waals surface area contributed by atoms with Gasteiger partial charge in [-0.3, -0.25) is 0 Å². The Morgan fingerprint density at radius 2 is 1.68 bits per heavy atom. The van der Waals surface area contributed by atoms with Gasteiger partial charge in [0.1, 0.15) is 11.5 Å². The number of aromatic nitrogens is 2. The average Bonchev–Trinajstić information content (AvgIpc) is 2.60. The Bertz CT molecular complexity index is 851. The van der Waals surface area contributed by atoms with E-state index in [1.165, 1.54) is 11.1 Å². The Kier molecular flexibility index (Phi) is 5.56. The van der Waals surface area contributed by atoms with Gasteiger partial charge in [-0.1, -0.05) is 41.6 Å². The molecule has 0 spiro atoms. The zero-order valence-electron chi connectivity index (χ0n) is 14.5. The predicted octanol–water partition coefficient (Wildman–Crippen LogP) is 5.19. The predicted molar refractivity (Wildman–Crippen MR) is 101 cm³/mol. The maximum atomic E-state index is 5.85. The lowest BCUT2D eigenvalue weighted by Crippen LogP contribution is -1.95. The van der Waals surface area contributed by atoms with Crippen LogP contribution in [-0.2, 0) is 5.75 Å². The van der Waals surface area contributed by atoms with Gasteiger partial charge < -0.3 is 9.47 Å². The highest BCUT2D eigenvalue weighted by molar-refractivity contribution is 7.98. The highest BCUT2D eigenvalue weighted by atomic mass is 32.2. The van der Waals surface area contributed by atoms with E-state index in [0.29, 0.717) is 16.8 Å². The lowest BCUT2D eigenvalue weighted by atomic mass is 10.2. The molecule has 0 fully saturated rings. The van der Waals surface area contributed by atoms with Gasteiger partial charge >= 0.3 is 0 Å². The largest absolute Gasteiger partial charge is 0.497 e. The number of rotatable bonds is 6. The van der Waals surface area contributed by atoms with Crippen molar-refractivity contribution in [2.24, 2.45) is 0 Å². The molecule has 0 saturated heterocycles. The number of ether oxygens (including phenoxy) is 2. The first-order chi connectivity index (χ1) is 12.1. The van der Waals surface area contributed by atoms with Gasteiger partial charge in [-0.2, -0.15) is 4.98 Å². The van der Waals surface area contributed by atoms with Crippen molar-refractivity contribution in [2.45, 2.75) is 24.8 Å². The normalized spacial score (nSPS) is 10.5. The lowest BCUT2D eigenvalue weighted by molar-refractivity contribution is 0.411. The van der Waals surface area contributed by atoms with E-state index in [-0.39, 0.29) is 0 Å². The molecule has 4 nitrogen and oxygen atoms in total. The molecule has 0 amide bonds. The number of thioether (sulfide) groups is 1. The molecule has 0 unspecified atom stereocenters. The van der Waals surface area contributed by atoms with Crippen LogP contribution in [0, 0.1) is 13.8 Å². The van der Waals surface area contributed by atoms with Gasteiger partial charge in [0.05, 0.1) is 7.11 Å². The second kappa shape index (κ2) is 8.03. The average molecular weight is 352 g/mol. The number of aryl methyl sites for hydroxylation is 2. The molecule has 0 bridgehead atoms. The molecular formula is C20H20N2O2S. The summed E-state index contributed by atoms with van der Waals surface area (Å²) in [5, 5.41) is 0.713. The summed E-state index contributed by atoms with van der Waals surface area (Å²) in [5.74, 6) is 2.88. The molecule has 2 aromatic carbocycles. The van der Waals surface area contributed by atoms with Crippen molar-refractivity contribution in [3.8, 4) is 17.4 Å². The summed E-state index contributed by atoms with van der Waals surface area (Å²) >= 11 is 1.60. The van der Waals surface area contributed by atoms with Crippen LogP contribution in [0.25, 0.3) is 0 Å². The molecule has 0 aliphatic heterocycles. The fraction of sp³-hybridized carbons (Fsp3) is 0.200.